The van der Waals surface area contributed by atoms with Crippen LogP contribution in [0, 0.1) is 5.92 Å². The minimum absolute atomic E-state index is 0.240. The molecular formula is C16H23NO5. The lowest BCUT2D eigenvalue weighted by Crippen LogP contribution is -2.42. The van der Waals surface area contributed by atoms with Crippen LogP contribution < -0.4 is 14.8 Å². The number of hydrogen-bond donors (Lipinski definition) is 1. The van der Waals surface area contributed by atoms with Gasteiger partial charge in [0.05, 0.1) is 21.3 Å². The van der Waals surface area contributed by atoms with Crippen LogP contribution in [0.5, 0.6) is 11.5 Å². The number of amides is 1. The number of carbonyl (C=O) groups excluding carboxylic acids is 2. The average molecular weight is 309 g/mol. The van der Waals surface area contributed by atoms with Crippen molar-refractivity contribution in [2.45, 2.75) is 26.3 Å². The fourth-order valence-corrected chi connectivity index (χ4v) is 2.01. The summed E-state index contributed by atoms with van der Waals surface area (Å²) in [6.07, 6.45) is 0.500. The highest BCUT2D eigenvalue weighted by molar-refractivity contribution is 5.97. The van der Waals surface area contributed by atoms with Crippen molar-refractivity contribution in [2.75, 3.05) is 21.3 Å². The third-order valence-corrected chi connectivity index (χ3v) is 3.11. The summed E-state index contributed by atoms with van der Waals surface area (Å²) in [4.78, 5) is 24.1. The van der Waals surface area contributed by atoms with Gasteiger partial charge in [-0.1, -0.05) is 13.8 Å². The van der Waals surface area contributed by atoms with E-state index in [2.05, 4.69) is 5.32 Å². The molecule has 0 heterocycles. The Morgan fingerprint density at radius 3 is 2.00 bits per heavy atom. The molecule has 22 heavy (non-hydrogen) atoms. The number of nitrogens with one attached hydrogen (secondary N) is 1. The van der Waals surface area contributed by atoms with Gasteiger partial charge in [0.1, 0.15) is 17.5 Å². The maximum atomic E-state index is 12.4. The topological polar surface area (TPSA) is 73.9 Å². The van der Waals surface area contributed by atoms with Gasteiger partial charge in [-0.05, 0) is 24.5 Å². The van der Waals surface area contributed by atoms with Gasteiger partial charge in [-0.3, -0.25) is 4.79 Å². The summed E-state index contributed by atoms with van der Waals surface area (Å²) in [5.74, 6) is 0.403. The molecule has 0 saturated heterocycles. The van der Waals surface area contributed by atoms with Crippen molar-refractivity contribution in [2.24, 2.45) is 5.92 Å². The largest absolute Gasteiger partial charge is 0.497 e. The van der Waals surface area contributed by atoms with E-state index in [-0.39, 0.29) is 11.8 Å². The van der Waals surface area contributed by atoms with E-state index in [4.69, 9.17) is 14.2 Å². The molecule has 0 saturated carbocycles. The SMILES string of the molecule is COC(=O)C(CC(C)C)NC(=O)c1cc(OC)cc(OC)c1. The lowest BCUT2D eigenvalue weighted by atomic mass is 10.0. The fourth-order valence-electron chi connectivity index (χ4n) is 2.01. The number of hydrogen-bond acceptors (Lipinski definition) is 5. The van der Waals surface area contributed by atoms with Crippen LogP contribution in [0.15, 0.2) is 18.2 Å². The summed E-state index contributed by atoms with van der Waals surface area (Å²) < 4.78 is 15.0. The molecule has 122 valence electrons. The summed E-state index contributed by atoms with van der Waals surface area (Å²) in [6, 6.07) is 4.15. The van der Waals surface area contributed by atoms with Crippen LogP contribution in [0.25, 0.3) is 0 Å². The molecule has 6 heteroatoms. The number of benzene rings is 1. The van der Waals surface area contributed by atoms with Gasteiger partial charge in [-0.25, -0.2) is 4.79 Å². The zero-order valence-corrected chi connectivity index (χ0v) is 13.6. The lowest BCUT2D eigenvalue weighted by molar-refractivity contribution is -0.143. The van der Waals surface area contributed by atoms with Crippen LogP contribution >= 0.6 is 0 Å². The van der Waals surface area contributed by atoms with E-state index in [1.165, 1.54) is 21.3 Å². The molecule has 1 amide bonds. The van der Waals surface area contributed by atoms with Crippen LogP contribution in [0.1, 0.15) is 30.6 Å². The summed E-state index contributed by atoms with van der Waals surface area (Å²) in [7, 11) is 4.31. The Kier molecular flexibility index (Phi) is 6.69. The minimum Gasteiger partial charge on any atom is -0.497 e. The molecule has 0 aliphatic carbocycles. The third-order valence-electron chi connectivity index (χ3n) is 3.11. The molecule has 0 bridgehead atoms. The van der Waals surface area contributed by atoms with E-state index >= 15 is 0 Å². The second kappa shape index (κ2) is 8.26. The van der Waals surface area contributed by atoms with Crippen molar-refractivity contribution >= 4 is 11.9 Å². The molecule has 1 aromatic rings. The summed E-state index contributed by atoms with van der Waals surface area (Å²) in [5, 5.41) is 2.69. The summed E-state index contributed by atoms with van der Waals surface area (Å²) in [6.45, 7) is 3.94. The molecule has 0 spiro atoms. The quantitative estimate of drug-likeness (QED) is 0.780. The molecule has 6 nitrogen and oxygen atoms in total. The van der Waals surface area contributed by atoms with E-state index in [1.54, 1.807) is 18.2 Å². The summed E-state index contributed by atoms with van der Waals surface area (Å²) in [5.41, 5.74) is 0.355. The van der Waals surface area contributed by atoms with Gasteiger partial charge in [0.25, 0.3) is 5.91 Å². The highest BCUT2D eigenvalue weighted by atomic mass is 16.5. The first-order chi connectivity index (χ1) is 10.4. The Labute approximate surface area is 130 Å². The van der Waals surface area contributed by atoms with Crippen molar-refractivity contribution in [1.82, 2.24) is 5.32 Å². The van der Waals surface area contributed by atoms with Gasteiger partial charge in [-0.2, -0.15) is 0 Å². The van der Waals surface area contributed by atoms with Gasteiger partial charge in [-0.15, -0.1) is 0 Å². The maximum absolute atomic E-state index is 12.4. The first-order valence-corrected chi connectivity index (χ1v) is 7.03. The van der Waals surface area contributed by atoms with Gasteiger partial charge in [0.15, 0.2) is 0 Å². The molecule has 1 N–H and O–H groups in total. The van der Waals surface area contributed by atoms with Crippen LogP contribution in [0.4, 0.5) is 0 Å². The van der Waals surface area contributed by atoms with Crippen molar-refractivity contribution < 1.29 is 23.8 Å². The molecule has 0 aliphatic rings. The molecule has 0 aliphatic heterocycles. The van der Waals surface area contributed by atoms with Crippen LogP contribution in [0.3, 0.4) is 0 Å². The zero-order chi connectivity index (χ0) is 16.7. The third kappa shape index (κ3) is 4.95. The second-order valence-corrected chi connectivity index (χ2v) is 5.28. The molecule has 1 aromatic carbocycles. The highest BCUT2D eigenvalue weighted by Crippen LogP contribution is 2.22. The Morgan fingerprint density at radius 1 is 1.05 bits per heavy atom. The number of ether oxygens (including phenoxy) is 3. The van der Waals surface area contributed by atoms with Crippen LogP contribution in [0.2, 0.25) is 0 Å². The first kappa shape index (κ1) is 17.8. The van der Waals surface area contributed by atoms with Gasteiger partial charge in [0.2, 0.25) is 0 Å². The van der Waals surface area contributed by atoms with E-state index in [1.807, 2.05) is 13.8 Å². The Balaban J connectivity index is 2.96. The molecule has 1 unspecified atom stereocenters. The van der Waals surface area contributed by atoms with E-state index in [9.17, 15) is 9.59 Å². The fraction of sp³-hybridized carbons (Fsp3) is 0.500. The number of methoxy groups -OCH3 is 3. The second-order valence-electron chi connectivity index (χ2n) is 5.28. The van der Waals surface area contributed by atoms with Gasteiger partial charge in [0, 0.05) is 11.6 Å². The molecule has 0 aromatic heterocycles. The van der Waals surface area contributed by atoms with Crippen molar-refractivity contribution in [1.29, 1.82) is 0 Å². The maximum Gasteiger partial charge on any atom is 0.328 e. The first-order valence-electron chi connectivity index (χ1n) is 7.03. The predicted molar refractivity (Wildman–Crippen MR) is 82.3 cm³/mol. The number of carbonyl (C=O) groups is 2. The monoisotopic (exact) mass is 309 g/mol. The Bertz CT molecular complexity index is 505. The normalized spacial score (nSPS) is 11.7. The molecule has 1 atom stereocenters. The van der Waals surface area contributed by atoms with Crippen LogP contribution in [-0.2, 0) is 9.53 Å². The molecule has 0 radical (unpaired) electrons. The van der Waals surface area contributed by atoms with E-state index in [0.29, 0.717) is 23.5 Å². The lowest BCUT2D eigenvalue weighted by Gasteiger charge is -2.18. The van der Waals surface area contributed by atoms with Gasteiger partial charge >= 0.3 is 5.97 Å². The Morgan fingerprint density at radius 2 is 1.59 bits per heavy atom. The van der Waals surface area contributed by atoms with Gasteiger partial charge < -0.3 is 19.5 Å². The van der Waals surface area contributed by atoms with E-state index < -0.39 is 12.0 Å². The number of esters is 1. The predicted octanol–water partition coefficient (Wildman–Crippen LogP) is 2.02. The van der Waals surface area contributed by atoms with Crippen molar-refractivity contribution in [3.63, 3.8) is 0 Å². The highest BCUT2D eigenvalue weighted by Gasteiger charge is 2.23. The standard InChI is InChI=1S/C16H23NO5/c1-10(2)6-14(16(19)22-5)17-15(18)11-7-12(20-3)9-13(8-11)21-4/h7-10,14H,6H2,1-5H3,(H,17,18). The van der Waals surface area contributed by atoms with Crippen molar-refractivity contribution in [3.05, 3.63) is 23.8 Å². The summed E-state index contributed by atoms with van der Waals surface area (Å²) >= 11 is 0. The number of rotatable bonds is 7. The average Bonchev–Trinajstić information content (AvgIpc) is 2.52. The molecule has 1 rings (SSSR count). The van der Waals surface area contributed by atoms with Crippen molar-refractivity contribution in [3.8, 4) is 11.5 Å². The molecular weight excluding hydrogens is 286 g/mol. The van der Waals surface area contributed by atoms with E-state index in [0.717, 1.165) is 0 Å². The smallest absolute Gasteiger partial charge is 0.328 e. The molecule has 0 fully saturated rings. The minimum atomic E-state index is -0.685. The zero-order valence-electron chi connectivity index (χ0n) is 13.6. The van der Waals surface area contributed by atoms with Crippen LogP contribution in [-0.4, -0.2) is 39.2 Å². The Hall–Kier alpha value is -2.24.